The van der Waals surface area contributed by atoms with Crippen LogP contribution in [0.3, 0.4) is 0 Å². The molecule has 1 aromatic heterocycles. The SMILES string of the molecule is O=c1ccc(C(F)(F)F)nn1CC1CCN(Cc2cccc3ccccc23)CC1. The molecule has 0 amide bonds. The van der Waals surface area contributed by atoms with E-state index >= 15 is 0 Å². The van der Waals surface area contributed by atoms with E-state index in [0.717, 1.165) is 49.3 Å². The van der Waals surface area contributed by atoms with Crippen molar-refractivity contribution in [1.82, 2.24) is 14.7 Å². The van der Waals surface area contributed by atoms with Gasteiger partial charge in [0.05, 0.1) is 0 Å². The predicted molar refractivity (Wildman–Crippen MR) is 105 cm³/mol. The Balaban J connectivity index is 1.39. The fraction of sp³-hybridized carbons (Fsp3) is 0.364. The van der Waals surface area contributed by atoms with Gasteiger partial charge in [0.25, 0.3) is 5.56 Å². The highest BCUT2D eigenvalue weighted by atomic mass is 19.4. The molecule has 0 spiro atoms. The standard InChI is InChI=1S/C22H22F3N3O/c23-22(24,25)20-8-9-21(29)28(26-20)14-16-10-12-27(13-11-16)15-18-6-3-5-17-4-1-2-7-19(17)18/h1-9,16H,10-15H2. The zero-order valence-corrected chi connectivity index (χ0v) is 15.9. The third kappa shape index (κ3) is 4.50. The second-order valence-electron chi connectivity index (χ2n) is 7.59. The summed E-state index contributed by atoms with van der Waals surface area (Å²) in [5, 5.41) is 5.99. The zero-order valence-electron chi connectivity index (χ0n) is 15.9. The van der Waals surface area contributed by atoms with Crippen molar-refractivity contribution in [2.75, 3.05) is 13.1 Å². The molecule has 152 valence electrons. The van der Waals surface area contributed by atoms with Gasteiger partial charge in [-0.3, -0.25) is 9.69 Å². The Morgan fingerprint density at radius 3 is 2.45 bits per heavy atom. The molecule has 7 heteroatoms. The molecular weight excluding hydrogens is 379 g/mol. The first-order valence-electron chi connectivity index (χ1n) is 9.74. The smallest absolute Gasteiger partial charge is 0.299 e. The summed E-state index contributed by atoms with van der Waals surface area (Å²) < 4.78 is 39.6. The van der Waals surface area contributed by atoms with E-state index in [1.54, 1.807) is 0 Å². The van der Waals surface area contributed by atoms with E-state index in [-0.39, 0.29) is 12.5 Å². The number of alkyl halides is 3. The van der Waals surface area contributed by atoms with Crippen molar-refractivity contribution in [2.45, 2.75) is 32.1 Å². The number of benzene rings is 2. The molecule has 3 aromatic rings. The third-order valence-corrected chi connectivity index (χ3v) is 5.57. The first-order valence-corrected chi connectivity index (χ1v) is 9.74. The van der Waals surface area contributed by atoms with Crippen molar-refractivity contribution in [1.29, 1.82) is 0 Å². The van der Waals surface area contributed by atoms with E-state index in [9.17, 15) is 18.0 Å². The normalized spacial score (nSPS) is 16.4. The molecule has 2 heterocycles. The number of likely N-dealkylation sites (tertiary alicyclic amines) is 1. The molecule has 0 bridgehead atoms. The van der Waals surface area contributed by atoms with Gasteiger partial charge in [0, 0.05) is 19.2 Å². The number of nitrogens with zero attached hydrogens (tertiary/aromatic N) is 3. The summed E-state index contributed by atoms with van der Waals surface area (Å²) in [6.45, 7) is 2.77. The van der Waals surface area contributed by atoms with Gasteiger partial charge in [-0.25, -0.2) is 4.68 Å². The molecule has 1 aliphatic rings. The Morgan fingerprint density at radius 1 is 0.966 bits per heavy atom. The summed E-state index contributed by atoms with van der Waals surface area (Å²) in [7, 11) is 0. The first kappa shape index (κ1) is 19.6. The molecule has 4 nitrogen and oxygen atoms in total. The van der Waals surface area contributed by atoms with Crippen molar-refractivity contribution in [3.63, 3.8) is 0 Å². The number of fused-ring (bicyclic) bond motifs is 1. The minimum atomic E-state index is -4.54. The topological polar surface area (TPSA) is 38.1 Å². The summed E-state index contributed by atoms with van der Waals surface area (Å²) in [4.78, 5) is 14.3. The van der Waals surface area contributed by atoms with Crippen LogP contribution in [-0.4, -0.2) is 27.8 Å². The second-order valence-corrected chi connectivity index (χ2v) is 7.59. The molecule has 0 saturated carbocycles. The minimum Gasteiger partial charge on any atom is -0.299 e. The van der Waals surface area contributed by atoms with Crippen molar-refractivity contribution < 1.29 is 13.2 Å². The van der Waals surface area contributed by atoms with E-state index in [2.05, 4.69) is 40.3 Å². The molecule has 1 saturated heterocycles. The molecule has 1 aliphatic heterocycles. The Kier molecular flexibility index (Phi) is 5.41. The number of halogens is 3. The largest absolute Gasteiger partial charge is 0.435 e. The van der Waals surface area contributed by atoms with Gasteiger partial charge >= 0.3 is 6.18 Å². The molecule has 0 aliphatic carbocycles. The van der Waals surface area contributed by atoms with Crippen LogP contribution in [0.4, 0.5) is 13.2 Å². The average molecular weight is 401 g/mol. The highest BCUT2D eigenvalue weighted by Gasteiger charge is 2.33. The van der Waals surface area contributed by atoms with Crippen LogP contribution < -0.4 is 5.56 Å². The van der Waals surface area contributed by atoms with E-state index in [1.165, 1.54) is 16.3 Å². The van der Waals surface area contributed by atoms with E-state index in [1.807, 2.05) is 12.1 Å². The summed E-state index contributed by atoms with van der Waals surface area (Å²) in [5.41, 5.74) is -0.237. The van der Waals surface area contributed by atoms with Crippen LogP contribution in [0.2, 0.25) is 0 Å². The van der Waals surface area contributed by atoms with E-state index in [0.29, 0.717) is 0 Å². The lowest BCUT2D eigenvalue weighted by Gasteiger charge is -2.32. The Bertz CT molecular complexity index is 1050. The second kappa shape index (κ2) is 7.99. The van der Waals surface area contributed by atoms with Gasteiger partial charge < -0.3 is 0 Å². The van der Waals surface area contributed by atoms with E-state index in [4.69, 9.17) is 0 Å². The number of aromatic nitrogens is 2. The van der Waals surface area contributed by atoms with Crippen LogP contribution >= 0.6 is 0 Å². The van der Waals surface area contributed by atoms with Gasteiger partial charge in [-0.15, -0.1) is 0 Å². The number of rotatable bonds is 4. The number of hydrogen-bond acceptors (Lipinski definition) is 3. The summed E-state index contributed by atoms with van der Waals surface area (Å²) in [6, 6.07) is 16.3. The molecule has 2 aromatic carbocycles. The fourth-order valence-electron chi connectivity index (χ4n) is 3.97. The summed E-state index contributed by atoms with van der Waals surface area (Å²) >= 11 is 0. The van der Waals surface area contributed by atoms with Gasteiger partial charge in [0.2, 0.25) is 0 Å². The Labute approximate surface area is 166 Å². The molecule has 0 radical (unpaired) electrons. The first-order chi connectivity index (χ1) is 13.9. The van der Waals surface area contributed by atoms with Gasteiger partial charge in [-0.1, -0.05) is 42.5 Å². The molecule has 0 unspecified atom stereocenters. The lowest BCUT2D eigenvalue weighted by Crippen LogP contribution is -2.36. The molecule has 4 rings (SSSR count). The fourth-order valence-corrected chi connectivity index (χ4v) is 3.97. The molecule has 0 atom stereocenters. The lowest BCUT2D eigenvalue weighted by molar-refractivity contribution is -0.142. The maximum Gasteiger partial charge on any atom is 0.435 e. The van der Waals surface area contributed by atoms with Crippen LogP contribution in [-0.2, 0) is 19.3 Å². The lowest BCUT2D eigenvalue weighted by atomic mass is 9.96. The molecule has 0 N–H and O–H groups in total. The van der Waals surface area contributed by atoms with Gasteiger partial charge in [-0.05, 0) is 54.3 Å². The van der Waals surface area contributed by atoms with Gasteiger partial charge in [-0.2, -0.15) is 18.3 Å². The number of hydrogen-bond donors (Lipinski definition) is 0. The summed E-state index contributed by atoms with van der Waals surface area (Å²) in [6.07, 6.45) is -2.89. The zero-order chi connectivity index (χ0) is 20.4. The highest BCUT2D eigenvalue weighted by molar-refractivity contribution is 5.85. The van der Waals surface area contributed by atoms with E-state index < -0.39 is 17.4 Å². The van der Waals surface area contributed by atoms with Crippen molar-refractivity contribution >= 4 is 10.8 Å². The van der Waals surface area contributed by atoms with Crippen LogP contribution in [0, 0.1) is 5.92 Å². The van der Waals surface area contributed by atoms with Crippen LogP contribution in [0.15, 0.2) is 59.4 Å². The van der Waals surface area contributed by atoms with Crippen LogP contribution in [0.5, 0.6) is 0 Å². The maximum atomic E-state index is 12.9. The van der Waals surface area contributed by atoms with Crippen LogP contribution in [0.1, 0.15) is 24.1 Å². The predicted octanol–water partition coefficient (Wildman–Crippen LogP) is 4.33. The maximum absolute atomic E-state index is 12.9. The quantitative estimate of drug-likeness (QED) is 0.653. The Morgan fingerprint density at radius 2 is 1.69 bits per heavy atom. The van der Waals surface area contributed by atoms with Crippen molar-refractivity contribution in [3.05, 3.63) is 76.2 Å². The molecule has 29 heavy (non-hydrogen) atoms. The number of piperidine rings is 1. The molecule has 1 fully saturated rings. The summed E-state index contributed by atoms with van der Waals surface area (Å²) in [5.74, 6) is 0.146. The monoisotopic (exact) mass is 401 g/mol. The third-order valence-electron chi connectivity index (χ3n) is 5.57. The van der Waals surface area contributed by atoms with Gasteiger partial charge in [0.1, 0.15) is 0 Å². The molecular formula is C22H22F3N3O. The van der Waals surface area contributed by atoms with Crippen molar-refractivity contribution in [2.24, 2.45) is 5.92 Å². The highest BCUT2D eigenvalue weighted by Crippen LogP contribution is 2.27. The minimum absolute atomic E-state index is 0.146. The van der Waals surface area contributed by atoms with Crippen LogP contribution in [0.25, 0.3) is 10.8 Å². The average Bonchev–Trinajstić information content (AvgIpc) is 2.70. The van der Waals surface area contributed by atoms with Crippen molar-refractivity contribution in [3.8, 4) is 0 Å². The Hall–Kier alpha value is -2.67. The van der Waals surface area contributed by atoms with Gasteiger partial charge in [0.15, 0.2) is 5.69 Å².